The Labute approximate surface area is 130 Å². The van der Waals surface area contributed by atoms with Crippen molar-refractivity contribution in [3.63, 3.8) is 0 Å². The summed E-state index contributed by atoms with van der Waals surface area (Å²) >= 11 is 4.88. The van der Waals surface area contributed by atoms with Gasteiger partial charge in [-0.05, 0) is 17.7 Å². The summed E-state index contributed by atoms with van der Waals surface area (Å²) in [6.45, 7) is 3.82. The Morgan fingerprint density at radius 3 is 2.33 bits per heavy atom. The predicted molar refractivity (Wildman–Crippen MR) is 83.3 cm³/mol. The van der Waals surface area contributed by atoms with Crippen LogP contribution in [0.4, 0.5) is 0 Å². The molecule has 0 saturated carbocycles. The minimum atomic E-state index is 0.286. The molecule has 0 aliphatic rings. The lowest BCUT2D eigenvalue weighted by Crippen LogP contribution is -2.12. The highest BCUT2D eigenvalue weighted by molar-refractivity contribution is 7.80. The van der Waals surface area contributed by atoms with Crippen molar-refractivity contribution in [3.05, 3.63) is 29.6 Å². The van der Waals surface area contributed by atoms with Gasteiger partial charge in [0.1, 0.15) is 4.99 Å². The molecular formula is C14H22N2O4S. The van der Waals surface area contributed by atoms with Gasteiger partial charge in [0.2, 0.25) is 0 Å². The van der Waals surface area contributed by atoms with Crippen molar-refractivity contribution >= 4 is 17.2 Å². The molecule has 0 unspecified atom stereocenters. The lowest BCUT2D eigenvalue weighted by atomic mass is 10.2. The molecule has 0 bridgehead atoms. The van der Waals surface area contributed by atoms with Gasteiger partial charge in [0.25, 0.3) is 0 Å². The zero-order valence-corrected chi connectivity index (χ0v) is 13.1. The van der Waals surface area contributed by atoms with Gasteiger partial charge in [0.05, 0.1) is 51.9 Å². The van der Waals surface area contributed by atoms with E-state index in [0.717, 1.165) is 5.56 Å². The zero-order valence-electron chi connectivity index (χ0n) is 12.2. The molecule has 0 radical (unpaired) electrons. The molecule has 118 valence electrons. The van der Waals surface area contributed by atoms with Gasteiger partial charge in [-0.15, -0.1) is 0 Å². The molecule has 21 heavy (non-hydrogen) atoms. The van der Waals surface area contributed by atoms with Crippen LogP contribution in [0.25, 0.3) is 0 Å². The van der Waals surface area contributed by atoms with Crippen molar-refractivity contribution in [3.8, 4) is 0 Å². The summed E-state index contributed by atoms with van der Waals surface area (Å²) in [6, 6.07) is 3.69. The third kappa shape index (κ3) is 8.69. The van der Waals surface area contributed by atoms with Crippen LogP contribution >= 0.6 is 12.2 Å². The standard InChI is InChI=1S/C14H22N2O4S/c1-17-4-5-18-6-7-19-8-9-20-11-12-2-3-16-13(10-12)14(15)21/h2-3,10H,4-9,11H2,1H3,(H2,15,21). The zero-order chi connectivity index (χ0) is 15.3. The Balaban J connectivity index is 2.01. The van der Waals surface area contributed by atoms with Gasteiger partial charge < -0.3 is 24.7 Å². The Hall–Kier alpha value is -1.12. The highest BCUT2D eigenvalue weighted by Gasteiger charge is 2.00. The Morgan fingerprint density at radius 1 is 1.10 bits per heavy atom. The van der Waals surface area contributed by atoms with E-state index < -0.39 is 0 Å². The SMILES string of the molecule is COCCOCCOCCOCc1ccnc(C(N)=S)c1. The molecule has 0 aromatic carbocycles. The van der Waals surface area contributed by atoms with Crippen LogP contribution in [-0.2, 0) is 25.6 Å². The van der Waals surface area contributed by atoms with Crippen molar-refractivity contribution in [1.82, 2.24) is 4.98 Å². The molecule has 0 aliphatic heterocycles. The van der Waals surface area contributed by atoms with E-state index in [9.17, 15) is 0 Å². The highest BCUT2D eigenvalue weighted by atomic mass is 32.1. The van der Waals surface area contributed by atoms with Crippen LogP contribution in [0.1, 0.15) is 11.3 Å². The second-order valence-corrected chi connectivity index (χ2v) is 4.62. The Morgan fingerprint density at radius 2 is 1.71 bits per heavy atom. The van der Waals surface area contributed by atoms with Crippen molar-refractivity contribution < 1.29 is 18.9 Å². The molecule has 2 N–H and O–H groups in total. The summed E-state index contributed by atoms with van der Waals surface area (Å²) in [4.78, 5) is 4.35. The first kappa shape index (κ1) is 17.9. The topological polar surface area (TPSA) is 75.8 Å². The first-order valence-electron chi connectivity index (χ1n) is 6.71. The van der Waals surface area contributed by atoms with Gasteiger partial charge in [-0.2, -0.15) is 0 Å². The lowest BCUT2D eigenvalue weighted by Gasteiger charge is -2.07. The first-order chi connectivity index (χ1) is 10.2. The highest BCUT2D eigenvalue weighted by Crippen LogP contribution is 2.03. The molecule has 0 amide bonds. The summed E-state index contributed by atoms with van der Waals surface area (Å²) in [5.74, 6) is 0. The van der Waals surface area contributed by atoms with E-state index in [4.69, 9.17) is 36.9 Å². The smallest absolute Gasteiger partial charge is 0.122 e. The van der Waals surface area contributed by atoms with Crippen molar-refractivity contribution in [2.24, 2.45) is 5.73 Å². The van der Waals surface area contributed by atoms with Gasteiger partial charge in [0, 0.05) is 13.3 Å². The van der Waals surface area contributed by atoms with E-state index in [1.807, 2.05) is 12.1 Å². The second-order valence-electron chi connectivity index (χ2n) is 4.18. The Kier molecular flexibility index (Phi) is 9.84. The molecule has 0 fully saturated rings. The maximum absolute atomic E-state index is 5.52. The normalized spacial score (nSPS) is 10.7. The monoisotopic (exact) mass is 314 g/mol. The van der Waals surface area contributed by atoms with Gasteiger partial charge in [-0.1, -0.05) is 12.2 Å². The lowest BCUT2D eigenvalue weighted by molar-refractivity contribution is 0.000861. The first-order valence-corrected chi connectivity index (χ1v) is 7.11. The Bertz CT molecular complexity index is 418. The fourth-order valence-corrected chi connectivity index (χ4v) is 1.58. The van der Waals surface area contributed by atoms with Crippen molar-refractivity contribution in [2.75, 3.05) is 46.8 Å². The molecule has 1 heterocycles. The number of rotatable bonds is 12. The largest absolute Gasteiger partial charge is 0.388 e. The molecule has 7 heteroatoms. The molecule has 1 aromatic rings. The molecular weight excluding hydrogens is 292 g/mol. The summed E-state index contributed by atoms with van der Waals surface area (Å²) < 4.78 is 21.0. The fraction of sp³-hybridized carbons (Fsp3) is 0.571. The number of hydrogen-bond acceptors (Lipinski definition) is 6. The summed E-state index contributed by atoms with van der Waals surface area (Å²) in [5.41, 5.74) is 7.11. The fourth-order valence-electron chi connectivity index (χ4n) is 1.47. The van der Waals surface area contributed by atoms with Crippen LogP contribution in [0, 0.1) is 0 Å². The number of aromatic nitrogens is 1. The van der Waals surface area contributed by atoms with Crippen LogP contribution in [-0.4, -0.2) is 56.7 Å². The molecule has 1 rings (SSSR count). The number of hydrogen-bond donors (Lipinski definition) is 1. The molecule has 0 saturated heterocycles. The summed E-state index contributed by atoms with van der Waals surface area (Å²) in [7, 11) is 1.64. The minimum absolute atomic E-state index is 0.286. The van der Waals surface area contributed by atoms with Crippen LogP contribution in [0.3, 0.4) is 0 Å². The third-order valence-electron chi connectivity index (χ3n) is 2.52. The van der Waals surface area contributed by atoms with E-state index >= 15 is 0 Å². The van der Waals surface area contributed by atoms with Crippen LogP contribution in [0.5, 0.6) is 0 Å². The van der Waals surface area contributed by atoms with Crippen LogP contribution < -0.4 is 5.73 Å². The average Bonchev–Trinajstić information content (AvgIpc) is 2.49. The molecule has 0 aliphatic carbocycles. The molecule has 1 aromatic heterocycles. The minimum Gasteiger partial charge on any atom is -0.388 e. The summed E-state index contributed by atoms with van der Waals surface area (Å²) in [5, 5.41) is 0. The van der Waals surface area contributed by atoms with Gasteiger partial charge in [-0.25, -0.2) is 0 Å². The number of thiocarbonyl (C=S) groups is 1. The summed E-state index contributed by atoms with van der Waals surface area (Å²) in [6.07, 6.45) is 1.67. The quantitative estimate of drug-likeness (QED) is 0.454. The molecule has 0 spiro atoms. The molecule has 6 nitrogen and oxygen atoms in total. The maximum atomic E-state index is 5.52. The van der Waals surface area contributed by atoms with E-state index in [2.05, 4.69) is 4.98 Å². The third-order valence-corrected chi connectivity index (χ3v) is 2.73. The van der Waals surface area contributed by atoms with E-state index in [1.165, 1.54) is 0 Å². The van der Waals surface area contributed by atoms with E-state index in [0.29, 0.717) is 51.9 Å². The van der Waals surface area contributed by atoms with Crippen LogP contribution in [0.2, 0.25) is 0 Å². The number of methoxy groups -OCH3 is 1. The number of nitrogens with zero attached hydrogens (tertiary/aromatic N) is 1. The second kappa shape index (κ2) is 11.5. The van der Waals surface area contributed by atoms with E-state index in [1.54, 1.807) is 13.3 Å². The number of pyridine rings is 1. The van der Waals surface area contributed by atoms with Crippen LogP contribution in [0.15, 0.2) is 18.3 Å². The predicted octanol–water partition coefficient (Wildman–Crippen LogP) is 0.912. The number of ether oxygens (including phenoxy) is 4. The van der Waals surface area contributed by atoms with Crippen molar-refractivity contribution in [1.29, 1.82) is 0 Å². The van der Waals surface area contributed by atoms with Gasteiger partial charge in [-0.3, -0.25) is 4.98 Å². The number of nitrogens with two attached hydrogens (primary N) is 1. The molecule has 0 atom stereocenters. The average molecular weight is 314 g/mol. The van der Waals surface area contributed by atoms with Gasteiger partial charge >= 0.3 is 0 Å². The maximum Gasteiger partial charge on any atom is 0.122 e. The van der Waals surface area contributed by atoms with E-state index in [-0.39, 0.29) is 4.99 Å². The van der Waals surface area contributed by atoms with Crippen molar-refractivity contribution in [2.45, 2.75) is 6.61 Å². The van der Waals surface area contributed by atoms with Gasteiger partial charge in [0.15, 0.2) is 0 Å².